The fourth-order valence-corrected chi connectivity index (χ4v) is 4.41. The van der Waals surface area contributed by atoms with Gasteiger partial charge in [-0.25, -0.2) is 0 Å². The highest BCUT2D eigenvalue weighted by molar-refractivity contribution is 6.01. The van der Waals surface area contributed by atoms with E-state index in [0.29, 0.717) is 12.8 Å². The number of benzene rings is 1. The van der Waals surface area contributed by atoms with Gasteiger partial charge in [-0.3, -0.25) is 19.7 Å². The molecule has 7 nitrogen and oxygen atoms in total. The molecule has 0 bridgehead atoms. The monoisotopic (exact) mass is 411 g/mol. The lowest BCUT2D eigenvalue weighted by Gasteiger charge is -2.34. The Morgan fingerprint density at radius 3 is 2.50 bits per heavy atom. The predicted octanol–water partition coefficient (Wildman–Crippen LogP) is 3.18. The van der Waals surface area contributed by atoms with Gasteiger partial charge in [-0.15, -0.1) is 0 Å². The van der Waals surface area contributed by atoms with Crippen LogP contribution in [0.3, 0.4) is 0 Å². The van der Waals surface area contributed by atoms with E-state index in [9.17, 15) is 14.4 Å². The van der Waals surface area contributed by atoms with E-state index in [1.807, 2.05) is 49.7 Å². The van der Waals surface area contributed by atoms with Crippen molar-refractivity contribution in [2.45, 2.75) is 58.1 Å². The van der Waals surface area contributed by atoms with Crippen LogP contribution in [0.15, 0.2) is 30.5 Å². The molecule has 30 heavy (non-hydrogen) atoms. The van der Waals surface area contributed by atoms with Gasteiger partial charge >= 0.3 is 5.97 Å². The zero-order valence-corrected chi connectivity index (χ0v) is 17.8. The van der Waals surface area contributed by atoms with Crippen LogP contribution in [0.1, 0.15) is 52.5 Å². The molecule has 7 heteroatoms. The zero-order valence-electron chi connectivity index (χ0n) is 17.8. The van der Waals surface area contributed by atoms with Crippen LogP contribution in [0, 0.1) is 5.92 Å². The predicted molar refractivity (Wildman–Crippen MR) is 114 cm³/mol. The van der Waals surface area contributed by atoms with E-state index < -0.39 is 5.60 Å². The van der Waals surface area contributed by atoms with E-state index in [2.05, 4.69) is 16.3 Å². The Bertz CT molecular complexity index is 980. The van der Waals surface area contributed by atoms with Crippen molar-refractivity contribution in [3.05, 3.63) is 30.5 Å². The summed E-state index contributed by atoms with van der Waals surface area (Å²) in [5.74, 6) is -0.620. The number of carbonyl (C=O) groups is 3. The van der Waals surface area contributed by atoms with Crippen molar-refractivity contribution >= 4 is 34.4 Å². The summed E-state index contributed by atoms with van der Waals surface area (Å²) >= 11 is 0. The molecule has 2 aliphatic rings. The van der Waals surface area contributed by atoms with Crippen LogP contribution in [0.5, 0.6) is 0 Å². The molecule has 1 atom stereocenters. The van der Waals surface area contributed by atoms with Gasteiger partial charge in [-0.2, -0.15) is 0 Å². The average Bonchev–Trinajstić information content (AvgIpc) is 3.11. The summed E-state index contributed by atoms with van der Waals surface area (Å²) in [4.78, 5) is 38.5. The number of hydrogen-bond donors (Lipinski definition) is 1. The highest BCUT2D eigenvalue weighted by Gasteiger charge is 2.31. The Balaban J connectivity index is 1.51. The molecule has 1 aromatic heterocycles. The second kappa shape index (κ2) is 7.78. The maximum absolute atomic E-state index is 12.4. The van der Waals surface area contributed by atoms with Crippen molar-refractivity contribution in [1.82, 2.24) is 9.88 Å². The van der Waals surface area contributed by atoms with Crippen LogP contribution in [0.4, 0.5) is 5.69 Å². The summed E-state index contributed by atoms with van der Waals surface area (Å²) in [7, 11) is 0. The Hall–Kier alpha value is -2.83. The number of piperidine rings is 2. The lowest BCUT2D eigenvalue weighted by atomic mass is 9.96. The third kappa shape index (κ3) is 4.06. The Morgan fingerprint density at radius 1 is 1.10 bits per heavy atom. The minimum Gasteiger partial charge on any atom is -0.460 e. The zero-order chi connectivity index (χ0) is 21.5. The fourth-order valence-electron chi connectivity index (χ4n) is 4.41. The summed E-state index contributed by atoms with van der Waals surface area (Å²) < 4.78 is 7.52. The van der Waals surface area contributed by atoms with Crippen LogP contribution < -0.4 is 10.2 Å². The van der Waals surface area contributed by atoms with Crippen LogP contribution in [0.2, 0.25) is 0 Å². The molecule has 4 rings (SSSR count). The van der Waals surface area contributed by atoms with E-state index >= 15 is 0 Å². The molecule has 2 saturated heterocycles. The van der Waals surface area contributed by atoms with Gasteiger partial charge in [0.05, 0.1) is 11.4 Å². The Kier molecular flexibility index (Phi) is 5.30. The molecular formula is C23H29N3O4. The SMILES string of the molecule is CC(C)(C)OC(=O)C1CCN(c2cccc3c2ccn3[C@@H]2CCC(=O)NC2=O)CC1. The van der Waals surface area contributed by atoms with E-state index in [0.717, 1.165) is 42.5 Å². The first-order valence-corrected chi connectivity index (χ1v) is 10.6. The van der Waals surface area contributed by atoms with Gasteiger partial charge in [0, 0.05) is 36.8 Å². The molecule has 0 spiro atoms. The average molecular weight is 412 g/mol. The molecular weight excluding hydrogens is 382 g/mol. The van der Waals surface area contributed by atoms with Crippen molar-refractivity contribution in [3.8, 4) is 0 Å². The van der Waals surface area contributed by atoms with Crippen molar-refractivity contribution < 1.29 is 19.1 Å². The number of imide groups is 1. The number of nitrogens with zero attached hydrogens (tertiary/aromatic N) is 2. The van der Waals surface area contributed by atoms with Crippen molar-refractivity contribution in [2.24, 2.45) is 5.92 Å². The molecule has 3 heterocycles. The third-order valence-corrected chi connectivity index (χ3v) is 5.86. The first-order chi connectivity index (χ1) is 14.2. The topological polar surface area (TPSA) is 80.6 Å². The molecule has 1 aromatic carbocycles. The number of carbonyl (C=O) groups excluding carboxylic acids is 3. The molecule has 2 amide bonds. The number of aromatic nitrogens is 1. The Morgan fingerprint density at radius 2 is 1.83 bits per heavy atom. The maximum Gasteiger partial charge on any atom is 0.309 e. The largest absolute Gasteiger partial charge is 0.460 e. The van der Waals surface area contributed by atoms with E-state index in [1.165, 1.54) is 0 Å². The normalized spacial score (nSPS) is 21.0. The number of nitrogens with one attached hydrogen (secondary N) is 1. The number of fused-ring (bicyclic) bond motifs is 1. The number of rotatable bonds is 3. The van der Waals surface area contributed by atoms with Gasteiger partial charge in [0.2, 0.25) is 11.8 Å². The summed E-state index contributed by atoms with van der Waals surface area (Å²) in [5.41, 5.74) is 1.64. The first kappa shape index (κ1) is 20.4. The van der Waals surface area contributed by atoms with Crippen LogP contribution in [0.25, 0.3) is 10.9 Å². The van der Waals surface area contributed by atoms with Gasteiger partial charge in [0.25, 0.3) is 0 Å². The highest BCUT2D eigenvalue weighted by Crippen LogP contribution is 2.34. The molecule has 0 saturated carbocycles. The lowest BCUT2D eigenvalue weighted by molar-refractivity contribution is -0.160. The van der Waals surface area contributed by atoms with Crippen molar-refractivity contribution in [2.75, 3.05) is 18.0 Å². The van der Waals surface area contributed by atoms with E-state index in [-0.39, 0.29) is 29.7 Å². The molecule has 2 aromatic rings. The third-order valence-electron chi connectivity index (χ3n) is 5.86. The van der Waals surface area contributed by atoms with E-state index in [1.54, 1.807) is 0 Å². The van der Waals surface area contributed by atoms with Gasteiger partial charge in [0.15, 0.2) is 0 Å². The minimum atomic E-state index is -0.460. The number of esters is 1. The molecule has 0 unspecified atom stereocenters. The molecule has 0 radical (unpaired) electrons. The number of anilines is 1. The van der Waals surface area contributed by atoms with E-state index in [4.69, 9.17) is 4.74 Å². The minimum absolute atomic E-state index is 0.0623. The van der Waals surface area contributed by atoms with Gasteiger partial charge in [0.1, 0.15) is 11.6 Å². The molecule has 2 aliphatic heterocycles. The van der Waals surface area contributed by atoms with Crippen LogP contribution in [-0.2, 0) is 19.1 Å². The van der Waals surface area contributed by atoms with Crippen molar-refractivity contribution in [3.63, 3.8) is 0 Å². The number of ether oxygens (including phenoxy) is 1. The fraction of sp³-hybridized carbons (Fsp3) is 0.522. The highest BCUT2D eigenvalue weighted by atomic mass is 16.6. The standard InChI is InChI=1S/C23H29N3O4/c1-23(2,3)30-22(29)15-9-12-25(13-10-15)17-5-4-6-18-16(17)11-14-26(18)19-7-8-20(27)24-21(19)28/h4-6,11,14-15,19H,7-10,12-13H2,1-3H3,(H,24,27,28)/t19-/m1/s1. The van der Waals surface area contributed by atoms with Crippen LogP contribution >= 0.6 is 0 Å². The lowest BCUT2D eigenvalue weighted by Crippen LogP contribution is -2.41. The number of hydrogen-bond acceptors (Lipinski definition) is 5. The quantitative estimate of drug-likeness (QED) is 0.620. The smallest absolute Gasteiger partial charge is 0.309 e. The molecule has 0 aliphatic carbocycles. The van der Waals surface area contributed by atoms with Crippen LogP contribution in [-0.4, -0.2) is 41.0 Å². The maximum atomic E-state index is 12.4. The Labute approximate surface area is 176 Å². The molecule has 160 valence electrons. The summed E-state index contributed by atoms with van der Waals surface area (Å²) in [6.07, 6.45) is 4.33. The summed E-state index contributed by atoms with van der Waals surface area (Å²) in [6.45, 7) is 7.26. The van der Waals surface area contributed by atoms with Gasteiger partial charge < -0.3 is 14.2 Å². The second-order valence-corrected chi connectivity index (χ2v) is 9.19. The molecule has 1 N–H and O–H groups in total. The van der Waals surface area contributed by atoms with Gasteiger partial charge in [-0.05, 0) is 58.2 Å². The summed E-state index contributed by atoms with van der Waals surface area (Å²) in [5, 5.41) is 3.52. The number of amides is 2. The summed E-state index contributed by atoms with van der Waals surface area (Å²) in [6, 6.07) is 7.77. The van der Waals surface area contributed by atoms with Crippen molar-refractivity contribution in [1.29, 1.82) is 0 Å². The van der Waals surface area contributed by atoms with Gasteiger partial charge in [-0.1, -0.05) is 6.07 Å². The molecule has 2 fully saturated rings. The second-order valence-electron chi connectivity index (χ2n) is 9.19. The first-order valence-electron chi connectivity index (χ1n) is 10.6.